The lowest BCUT2D eigenvalue weighted by molar-refractivity contribution is -0.148. The number of fused-ring (bicyclic) bond motifs is 1. The Hall–Kier alpha value is -1.34. The van der Waals surface area contributed by atoms with Crippen molar-refractivity contribution in [2.45, 2.75) is 26.2 Å². The molecule has 1 amide bonds. The molecule has 1 unspecified atom stereocenters. The largest absolute Gasteiger partial charge is 0.466 e. The molecule has 6 nitrogen and oxygen atoms in total. The first-order chi connectivity index (χ1) is 10.1. The van der Waals surface area contributed by atoms with Gasteiger partial charge in [-0.15, -0.1) is 22.9 Å². The highest BCUT2D eigenvalue weighted by molar-refractivity contribution is 7.15. The van der Waals surface area contributed by atoms with Crippen LogP contribution in [0.25, 0.3) is 0 Å². The van der Waals surface area contributed by atoms with Crippen molar-refractivity contribution in [2.24, 2.45) is 5.92 Å². The summed E-state index contributed by atoms with van der Waals surface area (Å²) in [6.07, 6.45) is 1.49. The Balaban J connectivity index is 1.96. The van der Waals surface area contributed by atoms with E-state index < -0.39 is 6.09 Å². The van der Waals surface area contributed by atoms with Gasteiger partial charge in [0, 0.05) is 4.88 Å². The fourth-order valence-electron chi connectivity index (χ4n) is 2.14. The van der Waals surface area contributed by atoms with Crippen molar-refractivity contribution >= 4 is 40.1 Å². The van der Waals surface area contributed by atoms with Gasteiger partial charge >= 0.3 is 12.1 Å². The second kappa shape index (κ2) is 7.61. The predicted octanol–water partition coefficient (Wildman–Crippen LogP) is 2.60. The van der Waals surface area contributed by atoms with Crippen LogP contribution in [0.2, 0.25) is 0 Å². The minimum atomic E-state index is -0.566. The van der Waals surface area contributed by atoms with Crippen molar-refractivity contribution in [1.82, 2.24) is 4.98 Å². The molecule has 0 aromatic carbocycles. The first-order valence-electron chi connectivity index (χ1n) is 6.79. The summed E-state index contributed by atoms with van der Waals surface area (Å²) in [5.41, 5.74) is 0.938. The van der Waals surface area contributed by atoms with E-state index in [2.05, 4.69) is 10.3 Å². The zero-order chi connectivity index (χ0) is 15.2. The van der Waals surface area contributed by atoms with Crippen molar-refractivity contribution in [3.05, 3.63) is 10.6 Å². The van der Waals surface area contributed by atoms with Crippen molar-refractivity contribution in [3.63, 3.8) is 0 Å². The van der Waals surface area contributed by atoms with Gasteiger partial charge in [0.15, 0.2) is 5.13 Å². The van der Waals surface area contributed by atoms with Crippen molar-refractivity contribution in [1.29, 1.82) is 0 Å². The van der Waals surface area contributed by atoms with Crippen molar-refractivity contribution in [3.8, 4) is 0 Å². The first-order valence-corrected chi connectivity index (χ1v) is 8.14. The van der Waals surface area contributed by atoms with Gasteiger partial charge in [-0.25, -0.2) is 9.78 Å². The fraction of sp³-hybridized carbons (Fsp3) is 0.615. The maximum Gasteiger partial charge on any atom is 0.413 e. The normalized spacial score (nSPS) is 17.0. The van der Waals surface area contributed by atoms with E-state index in [4.69, 9.17) is 21.1 Å². The van der Waals surface area contributed by atoms with E-state index in [1.807, 2.05) is 0 Å². The van der Waals surface area contributed by atoms with E-state index in [1.54, 1.807) is 6.92 Å². The molecule has 1 atom stereocenters. The summed E-state index contributed by atoms with van der Waals surface area (Å²) in [5, 5.41) is 3.06. The lowest BCUT2D eigenvalue weighted by Crippen LogP contribution is -2.24. The standard InChI is InChI=1S/C13H17ClN2O4S/c1-2-19-11(17)8-3-4-9-10(7-8)21-12(15-9)16-13(18)20-6-5-14/h8H,2-7H2,1H3,(H,15,16,18). The summed E-state index contributed by atoms with van der Waals surface area (Å²) in [6, 6.07) is 0. The Kier molecular flexibility index (Phi) is 5.81. The van der Waals surface area contributed by atoms with Crippen LogP contribution in [0.4, 0.5) is 9.93 Å². The minimum Gasteiger partial charge on any atom is -0.466 e. The zero-order valence-corrected chi connectivity index (χ0v) is 13.3. The van der Waals surface area contributed by atoms with E-state index in [1.165, 1.54) is 11.3 Å². The Bertz CT molecular complexity index is 520. The number of nitrogens with zero attached hydrogens (tertiary/aromatic N) is 1. The van der Waals surface area contributed by atoms with Crippen LogP contribution in [0.1, 0.15) is 23.9 Å². The van der Waals surface area contributed by atoms with Crippen LogP contribution in [0, 0.1) is 5.92 Å². The Morgan fingerprint density at radius 2 is 2.29 bits per heavy atom. The molecule has 8 heteroatoms. The second-order valence-corrected chi connectivity index (χ2v) is 5.99. The summed E-state index contributed by atoms with van der Waals surface area (Å²) in [4.78, 5) is 28.6. The number of thiazole rings is 1. The zero-order valence-electron chi connectivity index (χ0n) is 11.7. The molecule has 0 fully saturated rings. The van der Waals surface area contributed by atoms with Gasteiger partial charge in [0.2, 0.25) is 0 Å². The Morgan fingerprint density at radius 1 is 1.48 bits per heavy atom. The number of alkyl halides is 1. The van der Waals surface area contributed by atoms with Gasteiger partial charge in [-0.2, -0.15) is 0 Å². The van der Waals surface area contributed by atoms with Gasteiger partial charge in [-0.05, 0) is 26.2 Å². The molecule has 1 aromatic heterocycles. The van der Waals surface area contributed by atoms with Crippen LogP contribution in [0.5, 0.6) is 0 Å². The van der Waals surface area contributed by atoms with Gasteiger partial charge in [0.1, 0.15) is 6.61 Å². The highest BCUT2D eigenvalue weighted by Gasteiger charge is 2.28. The monoisotopic (exact) mass is 332 g/mol. The molecule has 2 rings (SSSR count). The molecular formula is C13H17ClN2O4S. The number of hydrogen-bond acceptors (Lipinski definition) is 6. The maximum atomic E-state index is 11.8. The van der Waals surface area contributed by atoms with Crippen LogP contribution < -0.4 is 5.32 Å². The number of anilines is 1. The number of hydrogen-bond donors (Lipinski definition) is 1. The summed E-state index contributed by atoms with van der Waals surface area (Å²) >= 11 is 6.81. The molecule has 0 spiro atoms. The quantitative estimate of drug-likeness (QED) is 0.662. The molecular weight excluding hydrogens is 316 g/mol. The second-order valence-electron chi connectivity index (χ2n) is 4.53. The molecule has 21 heavy (non-hydrogen) atoms. The third kappa shape index (κ3) is 4.31. The molecule has 116 valence electrons. The minimum absolute atomic E-state index is 0.117. The van der Waals surface area contributed by atoms with E-state index in [9.17, 15) is 9.59 Å². The number of esters is 1. The molecule has 0 saturated heterocycles. The molecule has 0 saturated carbocycles. The number of aromatic nitrogens is 1. The van der Waals surface area contributed by atoms with Gasteiger partial charge < -0.3 is 9.47 Å². The van der Waals surface area contributed by atoms with Gasteiger partial charge in [-0.1, -0.05) is 0 Å². The van der Waals surface area contributed by atoms with E-state index >= 15 is 0 Å². The van der Waals surface area contributed by atoms with Crippen LogP contribution in [0.3, 0.4) is 0 Å². The van der Waals surface area contributed by atoms with Crippen LogP contribution in [-0.4, -0.2) is 36.1 Å². The highest BCUT2D eigenvalue weighted by atomic mass is 35.5. The maximum absolute atomic E-state index is 11.8. The number of ether oxygens (including phenoxy) is 2. The molecule has 0 bridgehead atoms. The summed E-state index contributed by atoms with van der Waals surface area (Å²) in [5.74, 6) is -0.0234. The average Bonchev–Trinajstić information content (AvgIpc) is 2.86. The summed E-state index contributed by atoms with van der Waals surface area (Å²) < 4.78 is 9.88. The number of nitrogens with one attached hydrogen (secondary N) is 1. The molecule has 0 aliphatic heterocycles. The fourth-order valence-corrected chi connectivity index (χ4v) is 3.30. The lowest BCUT2D eigenvalue weighted by atomic mass is 9.91. The smallest absolute Gasteiger partial charge is 0.413 e. The number of halogens is 1. The SMILES string of the molecule is CCOC(=O)C1CCc2nc(NC(=O)OCCCl)sc2C1. The van der Waals surface area contributed by atoms with E-state index in [0.717, 1.165) is 17.0 Å². The number of carbonyl (C=O) groups excluding carboxylic acids is 2. The van der Waals surface area contributed by atoms with Gasteiger partial charge in [0.05, 0.1) is 24.1 Å². The highest BCUT2D eigenvalue weighted by Crippen LogP contribution is 2.32. The van der Waals surface area contributed by atoms with Crippen LogP contribution in [-0.2, 0) is 27.1 Å². The number of amides is 1. The molecule has 1 aliphatic rings. The van der Waals surface area contributed by atoms with E-state index in [-0.39, 0.29) is 24.4 Å². The molecule has 1 N–H and O–H groups in total. The van der Waals surface area contributed by atoms with Crippen LogP contribution in [0.15, 0.2) is 0 Å². The predicted molar refractivity (Wildman–Crippen MR) is 80.0 cm³/mol. The number of aryl methyl sites for hydroxylation is 1. The van der Waals surface area contributed by atoms with Gasteiger partial charge in [-0.3, -0.25) is 10.1 Å². The molecule has 1 aromatic rings. The van der Waals surface area contributed by atoms with Crippen molar-refractivity contribution in [2.75, 3.05) is 24.4 Å². The van der Waals surface area contributed by atoms with Crippen LogP contribution >= 0.6 is 22.9 Å². The summed E-state index contributed by atoms with van der Waals surface area (Å²) in [6.45, 7) is 2.35. The molecule has 1 heterocycles. The third-order valence-corrected chi connectivity index (χ3v) is 4.27. The Labute approximate surface area is 131 Å². The lowest BCUT2D eigenvalue weighted by Gasteiger charge is -2.18. The Morgan fingerprint density at radius 3 is 3.00 bits per heavy atom. The number of carbonyl (C=O) groups is 2. The summed E-state index contributed by atoms with van der Waals surface area (Å²) in [7, 11) is 0. The van der Waals surface area contributed by atoms with E-state index in [0.29, 0.717) is 24.6 Å². The van der Waals surface area contributed by atoms with Gasteiger partial charge in [0.25, 0.3) is 0 Å². The first kappa shape index (κ1) is 16.0. The average molecular weight is 333 g/mol. The third-order valence-electron chi connectivity index (χ3n) is 3.08. The molecule has 1 aliphatic carbocycles. The van der Waals surface area contributed by atoms with Crippen molar-refractivity contribution < 1.29 is 19.1 Å². The number of rotatable bonds is 5. The molecule has 0 radical (unpaired) electrons. The topological polar surface area (TPSA) is 77.5 Å².